The molecule has 1 heterocycles. The van der Waals surface area contributed by atoms with Crippen LogP contribution >= 0.6 is 11.6 Å². The van der Waals surface area contributed by atoms with Crippen molar-refractivity contribution in [1.82, 2.24) is 20.0 Å². The van der Waals surface area contributed by atoms with Crippen LogP contribution in [0.1, 0.15) is 18.4 Å². The van der Waals surface area contributed by atoms with Crippen molar-refractivity contribution >= 4 is 17.5 Å². The molecule has 0 aliphatic heterocycles. The first kappa shape index (κ1) is 15.1. The van der Waals surface area contributed by atoms with Crippen LogP contribution in [0.4, 0.5) is 0 Å². The summed E-state index contributed by atoms with van der Waals surface area (Å²) in [6.07, 6.45) is 6.06. The van der Waals surface area contributed by atoms with Gasteiger partial charge in [0.15, 0.2) is 0 Å². The van der Waals surface area contributed by atoms with Gasteiger partial charge in [-0.25, -0.2) is 4.68 Å². The van der Waals surface area contributed by atoms with Crippen molar-refractivity contribution in [3.63, 3.8) is 0 Å². The van der Waals surface area contributed by atoms with E-state index in [2.05, 4.69) is 15.3 Å². The summed E-state index contributed by atoms with van der Waals surface area (Å²) in [6.45, 7) is 0.936. The molecule has 6 heteroatoms. The lowest BCUT2D eigenvalue weighted by molar-refractivity contribution is -0.122. The second-order valence-corrected chi connectivity index (χ2v) is 6.13. The van der Waals surface area contributed by atoms with Crippen LogP contribution in [0, 0.1) is 0 Å². The summed E-state index contributed by atoms with van der Waals surface area (Å²) in [4.78, 5) is 14.0. The fourth-order valence-electron chi connectivity index (χ4n) is 2.34. The quantitative estimate of drug-likeness (QED) is 0.888. The van der Waals surface area contributed by atoms with E-state index in [4.69, 9.17) is 11.6 Å². The Morgan fingerprint density at radius 1 is 1.50 bits per heavy atom. The zero-order valence-electron chi connectivity index (χ0n) is 12.5. The van der Waals surface area contributed by atoms with Crippen molar-refractivity contribution in [3.05, 3.63) is 47.2 Å². The third kappa shape index (κ3) is 3.87. The number of amides is 1. The van der Waals surface area contributed by atoms with E-state index in [9.17, 15) is 4.79 Å². The SMILES string of the molecule is CN(CC(=O)NCc1cnn(-c2cccc(Cl)c2)c1)C1CC1. The second kappa shape index (κ2) is 6.50. The Balaban J connectivity index is 1.54. The molecule has 1 aromatic carbocycles. The first-order valence-electron chi connectivity index (χ1n) is 7.38. The summed E-state index contributed by atoms with van der Waals surface area (Å²) in [7, 11) is 1.99. The molecule has 0 atom stereocenters. The van der Waals surface area contributed by atoms with Gasteiger partial charge in [0, 0.05) is 29.4 Å². The third-order valence-corrected chi connectivity index (χ3v) is 4.00. The molecular formula is C16H19ClN4O. The lowest BCUT2D eigenvalue weighted by Gasteiger charge is -2.14. The molecule has 2 aromatic rings. The van der Waals surface area contributed by atoms with E-state index in [0.717, 1.165) is 11.3 Å². The van der Waals surface area contributed by atoms with Gasteiger partial charge in [0.2, 0.25) is 5.91 Å². The van der Waals surface area contributed by atoms with E-state index in [1.165, 1.54) is 12.8 Å². The number of likely N-dealkylation sites (N-methyl/N-ethyl adjacent to an activating group) is 1. The van der Waals surface area contributed by atoms with Gasteiger partial charge in [-0.3, -0.25) is 9.69 Å². The molecule has 1 aromatic heterocycles. The number of carbonyl (C=O) groups is 1. The first-order chi connectivity index (χ1) is 10.6. The van der Waals surface area contributed by atoms with Crippen LogP contribution in [0.5, 0.6) is 0 Å². The minimum absolute atomic E-state index is 0.0462. The molecule has 1 aliphatic rings. The molecule has 1 amide bonds. The molecule has 0 bridgehead atoms. The Hall–Kier alpha value is -1.85. The van der Waals surface area contributed by atoms with Crippen LogP contribution in [0.3, 0.4) is 0 Å². The maximum absolute atomic E-state index is 11.9. The maximum atomic E-state index is 11.9. The number of carbonyl (C=O) groups excluding carboxylic acids is 1. The van der Waals surface area contributed by atoms with Crippen molar-refractivity contribution in [3.8, 4) is 5.69 Å². The number of rotatable bonds is 6. The van der Waals surface area contributed by atoms with Gasteiger partial charge in [0.25, 0.3) is 0 Å². The van der Waals surface area contributed by atoms with Crippen LogP contribution in [-0.4, -0.2) is 40.2 Å². The number of halogens is 1. The summed E-state index contributed by atoms with van der Waals surface area (Å²) in [5, 5.41) is 7.90. The number of nitrogens with zero attached hydrogens (tertiary/aromatic N) is 3. The van der Waals surface area contributed by atoms with Gasteiger partial charge in [0.05, 0.1) is 18.4 Å². The molecule has 0 spiro atoms. The van der Waals surface area contributed by atoms with Crippen LogP contribution in [0.15, 0.2) is 36.7 Å². The molecule has 1 N–H and O–H groups in total. The van der Waals surface area contributed by atoms with E-state index >= 15 is 0 Å². The van der Waals surface area contributed by atoms with Crippen LogP contribution < -0.4 is 5.32 Å². The fourth-order valence-corrected chi connectivity index (χ4v) is 2.52. The Bertz CT molecular complexity index is 666. The summed E-state index contributed by atoms with van der Waals surface area (Å²) >= 11 is 5.98. The van der Waals surface area contributed by atoms with Crippen LogP contribution in [0.25, 0.3) is 5.69 Å². The highest BCUT2D eigenvalue weighted by Gasteiger charge is 2.27. The Morgan fingerprint density at radius 3 is 3.05 bits per heavy atom. The zero-order chi connectivity index (χ0) is 15.5. The molecule has 116 valence electrons. The molecule has 0 radical (unpaired) electrons. The van der Waals surface area contributed by atoms with Gasteiger partial charge < -0.3 is 5.32 Å². The number of hydrogen-bond acceptors (Lipinski definition) is 3. The van der Waals surface area contributed by atoms with Gasteiger partial charge in [-0.2, -0.15) is 5.10 Å². The van der Waals surface area contributed by atoms with E-state index in [0.29, 0.717) is 24.2 Å². The van der Waals surface area contributed by atoms with Crippen molar-refractivity contribution < 1.29 is 4.79 Å². The van der Waals surface area contributed by atoms with Crippen molar-refractivity contribution in [1.29, 1.82) is 0 Å². The Morgan fingerprint density at radius 2 is 2.32 bits per heavy atom. The highest BCUT2D eigenvalue weighted by Crippen LogP contribution is 2.24. The van der Waals surface area contributed by atoms with Crippen molar-refractivity contribution in [2.45, 2.75) is 25.4 Å². The zero-order valence-corrected chi connectivity index (χ0v) is 13.3. The van der Waals surface area contributed by atoms with E-state index in [1.807, 2.05) is 37.5 Å². The maximum Gasteiger partial charge on any atom is 0.234 e. The summed E-state index contributed by atoms with van der Waals surface area (Å²) in [6, 6.07) is 8.09. The fraction of sp³-hybridized carbons (Fsp3) is 0.375. The second-order valence-electron chi connectivity index (χ2n) is 5.70. The molecular weight excluding hydrogens is 300 g/mol. The van der Waals surface area contributed by atoms with Gasteiger partial charge in [-0.15, -0.1) is 0 Å². The number of nitrogens with one attached hydrogen (secondary N) is 1. The average Bonchev–Trinajstić information content (AvgIpc) is 3.24. The van der Waals surface area contributed by atoms with Crippen molar-refractivity contribution in [2.75, 3.05) is 13.6 Å². The van der Waals surface area contributed by atoms with Crippen molar-refractivity contribution in [2.24, 2.45) is 0 Å². The number of hydrogen-bond donors (Lipinski definition) is 1. The number of benzene rings is 1. The third-order valence-electron chi connectivity index (χ3n) is 3.76. The smallest absolute Gasteiger partial charge is 0.234 e. The summed E-state index contributed by atoms with van der Waals surface area (Å²) < 4.78 is 1.75. The normalized spacial score (nSPS) is 14.3. The monoisotopic (exact) mass is 318 g/mol. The van der Waals surface area contributed by atoms with E-state index in [-0.39, 0.29) is 5.91 Å². The van der Waals surface area contributed by atoms with Gasteiger partial charge in [-0.05, 0) is 38.1 Å². The molecule has 3 rings (SSSR count). The predicted octanol–water partition coefficient (Wildman–Crippen LogP) is 2.24. The number of aromatic nitrogens is 2. The molecule has 0 saturated heterocycles. The van der Waals surface area contributed by atoms with Crippen LogP contribution in [-0.2, 0) is 11.3 Å². The topological polar surface area (TPSA) is 50.2 Å². The average molecular weight is 319 g/mol. The molecule has 5 nitrogen and oxygen atoms in total. The van der Waals surface area contributed by atoms with Gasteiger partial charge in [0.1, 0.15) is 0 Å². The standard InChI is InChI=1S/C16H19ClN4O/c1-20(14-5-6-14)11-16(22)18-8-12-9-19-21(10-12)15-4-2-3-13(17)7-15/h2-4,7,9-10,14H,5-6,8,11H2,1H3,(H,18,22). The summed E-state index contributed by atoms with van der Waals surface area (Å²) in [5.41, 5.74) is 1.86. The molecule has 1 fully saturated rings. The minimum atomic E-state index is 0.0462. The highest BCUT2D eigenvalue weighted by molar-refractivity contribution is 6.30. The molecule has 0 unspecified atom stereocenters. The van der Waals surface area contributed by atoms with E-state index < -0.39 is 0 Å². The van der Waals surface area contributed by atoms with Crippen LogP contribution in [0.2, 0.25) is 5.02 Å². The first-order valence-corrected chi connectivity index (χ1v) is 7.76. The highest BCUT2D eigenvalue weighted by atomic mass is 35.5. The van der Waals surface area contributed by atoms with E-state index in [1.54, 1.807) is 10.9 Å². The molecule has 22 heavy (non-hydrogen) atoms. The van der Waals surface area contributed by atoms with Gasteiger partial charge >= 0.3 is 0 Å². The predicted molar refractivity (Wildman–Crippen MR) is 86.1 cm³/mol. The molecule has 1 saturated carbocycles. The van der Waals surface area contributed by atoms with Gasteiger partial charge in [-0.1, -0.05) is 17.7 Å². The Labute approximate surface area is 134 Å². The lowest BCUT2D eigenvalue weighted by Crippen LogP contribution is -2.35. The minimum Gasteiger partial charge on any atom is -0.351 e. The largest absolute Gasteiger partial charge is 0.351 e. The lowest BCUT2D eigenvalue weighted by atomic mass is 10.3. The molecule has 1 aliphatic carbocycles. The summed E-state index contributed by atoms with van der Waals surface area (Å²) in [5.74, 6) is 0.0462. The Kier molecular flexibility index (Phi) is 4.45.